The Kier molecular flexibility index (Phi) is 11.0. The number of ether oxygens (including phenoxy) is 4. The van der Waals surface area contributed by atoms with Gasteiger partial charge in [0.1, 0.15) is 29.4 Å². The third-order valence-corrected chi connectivity index (χ3v) is 12.7. The minimum Gasteiger partial charge on any atom is -0.495 e. The maximum absolute atomic E-state index is 13.0. The van der Waals surface area contributed by atoms with Crippen LogP contribution in [0.5, 0.6) is 5.75 Å². The molecule has 256 valence electrons. The molecule has 0 aromatic heterocycles. The number of cyclic esters (lactones) is 1. The Morgan fingerprint density at radius 1 is 1.13 bits per heavy atom. The van der Waals surface area contributed by atoms with Crippen molar-refractivity contribution in [2.45, 2.75) is 71.2 Å². The highest BCUT2D eigenvalue weighted by Crippen LogP contribution is 2.63. The van der Waals surface area contributed by atoms with Crippen LogP contribution in [0.2, 0.25) is 0 Å². The Labute approximate surface area is 288 Å². The number of anilines is 1. The molecule has 9 nitrogen and oxygen atoms in total. The molecule has 2 heterocycles. The Bertz CT molecular complexity index is 1420. The number of thiocarbonyl (C=S) groups is 1. The summed E-state index contributed by atoms with van der Waals surface area (Å²) in [5, 5.41) is -0.201. The number of rotatable bonds is 9. The maximum atomic E-state index is 13.0. The molecule has 1 aromatic carbocycles. The molecule has 47 heavy (non-hydrogen) atoms. The molecule has 2 aliphatic carbocycles. The lowest BCUT2D eigenvalue weighted by atomic mass is 9.46. The first-order valence-electron chi connectivity index (χ1n) is 16.6. The number of nitrogens with zero attached hydrogens (tertiary/aromatic N) is 2. The first-order valence-corrected chi connectivity index (χ1v) is 17.8. The average molecular weight is 685 g/mol. The smallest absolute Gasteiger partial charge is 0.335 e. The van der Waals surface area contributed by atoms with Gasteiger partial charge < -0.3 is 28.7 Å². The maximum Gasteiger partial charge on any atom is 0.335 e. The summed E-state index contributed by atoms with van der Waals surface area (Å²) in [6, 6.07) is 8.06. The highest BCUT2D eigenvalue weighted by atomic mass is 32.2. The van der Waals surface area contributed by atoms with E-state index in [1.165, 1.54) is 19.4 Å². The predicted octanol–water partition coefficient (Wildman–Crippen LogP) is 5.96. The molecule has 0 radical (unpaired) electrons. The second-order valence-electron chi connectivity index (χ2n) is 13.7. The van der Waals surface area contributed by atoms with E-state index in [1.54, 1.807) is 18.9 Å². The van der Waals surface area contributed by atoms with Gasteiger partial charge in [0, 0.05) is 50.7 Å². The monoisotopic (exact) mass is 684 g/mol. The number of carbonyl (C=O) groups is 3. The van der Waals surface area contributed by atoms with E-state index in [1.807, 2.05) is 24.3 Å². The van der Waals surface area contributed by atoms with Gasteiger partial charge in [0.2, 0.25) is 0 Å². The number of thioether (sulfide) groups is 1. The van der Waals surface area contributed by atoms with Gasteiger partial charge in [-0.3, -0.25) is 9.59 Å². The molecule has 1 aromatic rings. The minimum atomic E-state index is -0.562. The molecule has 2 saturated carbocycles. The first-order chi connectivity index (χ1) is 22.4. The van der Waals surface area contributed by atoms with Gasteiger partial charge >= 0.3 is 17.9 Å². The van der Waals surface area contributed by atoms with Crippen LogP contribution in [0.3, 0.4) is 0 Å². The summed E-state index contributed by atoms with van der Waals surface area (Å²) < 4.78 is 23.3. The van der Waals surface area contributed by atoms with Crippen LogP contribution in [0.25, 0.3) is 0 Å². The van der Waals surface area contributed by atoms with Gasteiger partial charge in [-0.05, 0) is 67.6 Å². The van der Waals surface area contributed by atoms with Crippen molar-refractivity contribution in [1.29, 1.82) is 0 Å². The number of hydrogen-bond donors (Lipinski definition) is 0. The number of fused-ring (bicyclic) bond motifs is 1. The van der Waals surface area contributed by atoms with Crippen molar-refractivity contribution < 1.29 is 33.3 Å². The van der Waals surface area contributed by atoms with E-state index >= 15 is 0 Å². The van der Waals surface area contributed by atoms with Crippen molar-refractivity contribution in [3.8, 4) is 5.75 Å². The van der Waals surface area contributed by atoms with Crippen LogP contribution in [0, 0.1) is 22.7 Å². The molecule has 0 spiro atoms. The highest BCUT2D eigenvalue weighted by Gasteiger charge is 2.60. The van der Waals surface area contributed by atoms with E-state index in [4.69, 9.17) is 31.2 Å². The number of methoxy groups -OCH3 is 1. The number of esters is 3. The summed E-state index contributed by atoms with van der Waals surface area (Å²) >= 11 is 7.64. The number of piperazine rings is 1. The van der Waals surface area contributed by atoms with Crippen molar-refractivity contribution in [3.05, 3.63) is 48.1 Å². The molecule has 2 aliphatic heterocycles. The van der Waals surface area contributed by atoms with Crippen molar-refractivity contribution >= 4 is 51.9 Å². The largest absolute Gasteiger partial charge is 0.495 e. The van der Waals surface area contributed by atoms with Gasteiger partial charge in [0.25, 0.3) is 0 Å². The van der Waals surface area contributed by atoms with Gasteiger partial charge in [0.05, 0.1) is 18.4 Å². The minimum absolute atomic E-state index is 0.0770. The number of para-hydroxylation sites is 2. The van der Waals surface area contributed by atoms with Crippen LogP contribution in [0.1, 0.15) is 59.8 Å². The lowest BCUT2D eigenvalue weighted by Crippen LogP contribution is -2.59. The highest BCUT2D eigenvalue weighted by molar-refractivity contribution is 8.23. The number of carbonyl (C=O) groups excluding carboxylic acids is 3. The number of allylic oxidation sites excluding steroid dienone is 1. The van der Waals surface area contributed by atoms with Crippen molar-refractivity contribution in [2.75, 3.05) is 51.4 Å². The Hall–Kier alpha value is -3.05. The fraction of sp³-hybridized carbons (Fsp3) is 0.611. The van der Waals surface area contributed by atoms with Gasteiger partial charge in [-0.25, -0.2) is 4.79 Å². The van der Waals surface area contributed by atoms with Gasteiger partial charge in [-0.1, -0.05) is 62.1 Å². The van der Waals surface area contributed by atoms with Crippen molar-refractivity contribution in [3.63, 3.8) is 0 Å². The quantitative estimate of drug-likeness (QED) is 0.134. The zero-order valence-corrected chi connectivity index (χ0v) is 29.9. The van der Waals surface area contributed by atoms with E-state index in [-0.39, 0.29) is 59.7 Å². The molecule has 11 heteroatoms. The van der Waals surface area contributed by atoms with E-state index in [2.05, 4.69) is 36.3 Å². The first kappa shape index (κ1) is 35.3. The van der Waals surface area contributed by atoms with Gasteiger partial charge in [-0.15, -0.1) is 0 Å². The second kappa shape index (κ2) is 14.6. The normalized spacial score (nSPS) is 29.7. The molecule has 1 saturated heterocycles. The van der Waals surface area contributed by atoms with E-state index in [0.29, 0.717) is 18.4 Å². The molecular weight excluding hydrogens is 637 g/mol. The van der Waals surface area contributed by atoms with E-state index < -0.39 is 5.41 Å². The van der Waals surface area contributed by atoms with E-state index in [9.17, 15) is 14.4 Å². The summed E-state index contributed by atoms with van der Waals surface area (Å²) in [6.45, 7) is 15.4. The zero-order valence-electron chi connectivity index (χ0n) is 28.3. The third-order valence-electron chi connectivity index (χ3n) is 11.0. The van der Waals surface area contributed by atoms with Crippen LogP contribution in [-0.4, -0.2) is 85.0 Å². The van der Waals surface area contributed by atoms with Crippen LogP contribution >= 0.6 is 24.0 Å². The molecule has 0 unspecified atom stereocenters. The molecular formula is C36H48N2O7S2. The lowest BCUT2D eigenvalue weighted by Gasteiger charge is -2.60. The zero-order chi connectivity index (χ0) is 33.9. The fourth-order valence-corrected chi connectivity index (χ4v) is 10.3. The third kappa shape index (κ3) is 7.36. The predicted molar refractivity (Wildman–Crippen MR) is 187 cm³/mol. The fourth-order valence-electron chi connectivity index (χ4n) is 8.56. The molecule has 3 fully saturated rings. The summed E-state index contributed by atoms with van der Waals surface area (Å²) in [4.78, 5) is 41.7. The van der Waals surface area contributed by atoms with Gasteiger partial charge in [-0.2, -0.15) is 0 Å². The number of hydrogen-bond acceptors (Lipinski definition) is 10. The van der Waals surface area contributed by atoms with Crippen LogP contribution in [0.15, 0.2) is 48.1 Å². The van der Waals surface area contributed by atoms with Gasteiger partial charge in [0.15, 0.2) is 0 Å². The summed E-state index contributed by atoms with van der Waals surface area (Å²) in [5.74, 6) is 0.0750. The molecule has 6 atom stereocenters. The molecule has 0 amide bonds. The van der Waals surface area contributed by atoms with Crippen molar-refractivity contribution in [2.24, 2.45) is 22.7 Å². The summed E-state index contributed by atoms with van der Waals surface area (Å²) in [5.41, 5.74) is 2.13. The van der Waals surface area contributed by atoms with Crippen molar-refractivity contribution in [1.82, 2.24) is 4.90 Å². The summed E-state index contributed by atoms with van der Waals surface area (Å²) in [7, 11) is 1.69. The number of benzene rings is 1. The Morgan fingerprint density at radius 3 is 2.49 bits per heavy atom. The van der Waals surface area contributed by atoms with E-state index in [0.717, 1.165) is 61.2 Å². The Balaban J connectivity index is 1.35. The Morgan fingerprint density at radius 2 is 1.85 bits per heavy atom. The topological polar surface area (TPSA) is 94.6 Å². The molecule has 0 N–H and O–H groups in total. The van der Waals surface area contributed by atoms with Crippen LogP contribution in [0.4, 0.5) is 5.69 Å². The van der Waals surface area contributed by atoms with Crippen LogP contribution in [-0.2, 0) is 28.6 Å². The van der Waals surface area contributed by atoms with Crippen LogP contribution < -0.4 is 9.64 Å². The molecule has 5 rings (SSSR count). The molecule has 4 aliphatic rings. The SMILES string of the molecule is C=C1CC[C@@H]2[C@](C)(COC(C)=O)[C@H](OC(C)=O)CC[C@@]2(C)[C@@H]1C[C@H](SC(=S)N1CCN(c2ccccc2OC)CC1)C1=CCOC1=O. The standard InChI is InChI=1S/C36H48N2O7S2/c1-23-11-12-31-35(4,15-13-32(45-25(3)40)36(31,5)22-44-24(2)39)27(23)21-30(26-14-20-43-33(26)41)47-34(46)38-18-16-37(17-19-38)28-9-7-8-10-29(28)42-6/h7-10,14,27,30-32H,1,11-13,15-22H2,2-6H3/t27-,30+,31+,32-,35+,36+/m1/s1. The summed E-state index contributed by atoms with van der Waals surface area (Å²) in [6.07, 6.45) is 5.37. The average Bonchev–Trinajstić information content (AvgIpc) is 3.48. The lowest BCUT2D eigenvalue weighted by molar-refractivity contribution is -0.191. The molecule has 0 bridgehead atoms. The second-order valence-corrected chi connectivity index (χ2v) is 15.6.